The number of amides is 1. The molecule has 178 valence electrons. The topological polar surface area (TPSA) is 83.6 Å². The predicted molar refractivity (Wildman–Crippen MR) is 137 cm³/mol. The molecule has 35 heavy (non-hydrogen) atoms. The molecule has 0 unspecified atom stereocenters. The Kier molecular flexibility index (Phi) is 5.60. The molecule has 2 aromatic carbocycles. The molecule has 0 fully saturated rings. The fourth-order valence-corrected chi connectivity index (χ4v) is 5.39. The number of ketones is 1. The van der Waals surface area contributed by atoms with Crippen molar-refractivity contribution in [2.24, 2.45) is 0 Å². The number of hydrogen-bond donors (Lipinski definition) is 1. The summed E-state index contributed by atoms with van der Waals surface area (Å²) in [6.45, 7) is 8.45. The van der Waals surface area contributed by atoms with Gasteiger partial charge in [0.15, 0.2) is 16.7 Å². The highest BCUT2D eigenvalue weighted by Gasteiger charge is 2.46. The molecule has 1 aliphatic rings. The number of furan rings is 1. The first-order valence-electron chi connectivity index (χ1n) is 11.5. The standard InChI is InChI=1S/C28H26N2O4S/c1-5-16-8-13-19-21(15-16)35-27(29-19)30-23(17-9-11-18(12-10-17)28(2,3)4)22(25(32)26(30)33)24(31)20-7-6-14-34-20/h6-15,23,32H,5H2,1-4H3/t23-/m0/s1. The second kappa shape index (κ2) is 8.50. The van der Waals surface area contributed by atoms with E-state index in [4.69, 9.17) is 9.40 Å². The molecule has 4 aromatic rings. The molecular weight excluding hydrogens is 460 g/mol. The van der Waals surface area contributed by atoms with Gasteiger partial charge in [-0.15, -0.1) is 0 Å². The van der Waals surface area contributed by atoms with Crippen molar-refractivity contribution in [3.63, 3.8) is 0 Å². The Morgan fingerprint density at radius 1 is 1.14 bits per heavy atom. The van der Waals surface area contributed by atoms with E-state index < -0.39 is 23.5 Å². The summed E-state index contributed by atoms with van der Waals surface area (Å²) < 4.78 is 6.26. The summed E-state index contributed by atoms with van der Waals surface area (Å²) >= 11 is 1.37. The van der Waals surface area contributed by atoms with E-state index in [-0.39, 0.29) is 16.7 Å². The van der Waals surface area contributed by atoms with Crippen LogP contribution in [0.5, 0.6) is 0 Å². The maximum absolute atomic E-state index is 13.4. The molecule has 0 saturated heterocycles. The Labute approximate surface area is 207 Å². The van der Waals surface area contributed by atoms with Crippen molar-refractivity contribution in [3.05, 3.63) is 94.6 Å². The average Bonchev–Trinajstić information content (AvgIpc) is 3.56. The lowest BCUT2D eigenvalue weighted by atomic mass is 9.85. The Hall–Kier alpha value is -3.71. The van der Waals surface area contributed by atoms with E-state index in [2.05, 4.69) is 33.8 Å². The molecule has 1 amide bonds. The van der Waals surface area contributed by atoms with Crippen molar-refractivity contribution < 1.29 is 19.1 Å². The van der Waals surface area contributed by atoms with Gasteiger partial charge in [-0.3, -0.25) is 14.5 Å². The minimum absolute atomic E-state index is 0.0121. The van der Waals surface area contributed by atoms with Gasteiger partial charge in [-0.1, -0.05) is 69.4 Å². The summed E-state index contributed by atoms with van der Waals surface area (Å²) in [6, 6.07) is 16.1. The van der Waals surface area contributed by atoms with Crippen LogP contribution in [0.3, 0.4) is 0 Å². The number of aromatic nitrogens is 1. The molecule has 0 spiro atoms. The summed E-state index contributed by atoms with van der Waals surface area (Å²) in [5, 5.41) is 11.4. The van der Waals surface area contributed by atoms with Crippen molar-refractivity contribution in [1.29, 1.82) is 0 Å². The third-order valence-corrected chi connectivity index (χ3v) is 7.36. The lowest BCUT2D eigenvalue weighted by Gasteiger charge is -2.25. The van der Waals surface area contributed by atoms with E-state index in [9.17, 15) is 14.7 Å². The molecule has 2 aromatic heterocycles. The van der Waals surface area contributed by atoms with E-state index in [0.29, 0.717) is 10.7 Å². The van der Waals surface area contributed by atoms with Gasteiger partial charge >= 0.3 is 0 Å². The zero-order valence-corrected chi connectivity index (χ0v) is 20.8. The van der Waals surface area contributed by atoms with Crippen molar-refractivity contribution in [3.8, 4) is 0 Å². The van der Waals surface area contributed by atoms with Crippen LogP contribution in [0.4, 0.5) is 5.13 Å². The van der Waals surface area contributed by atoms with Crippen LogP contribution in [0.2, 0.25) is 0 Å². The predicted octanol–water partition coefficient (Wildman–Crippen LogP) is 6.53. The molecule has 7 heteroatoms. The molecular formula is C28H26N2O4S. The van der Waals surface area contributed by atoms with Gasteiger partial charge in [0.1, 0.15) is 0 Å². The quantitative estimate of drug-likeness (QED) is 0.324. The fourth-order valence-electron chi connectivity index (χ4n) is 4.34. The number of hydrogen-bond acceptors (Lipinski definition) is 6. The van der Waals surface area contributed by atoms with Gasteiger partial charge in [0.2, 0.25) is 5.78 Å². The molecule has 0 saturated carbocycles. The Balaban J connectivity index is 1.66. The highest BCUT2D eigenvalue weighted by molar-refractivity contribution is 7.22. The van der Waals surface area contributed by atoms with Crippen molar-refractivity contribution in [2.45, 2.75) is 45.6 Å². The van der Waals surface area contributed by atoms with Gasteiger partial charge in [-0.05, 0) is 52.8 Å². The summed E-state index contributed by atoms with van der Waals surface area (Å²) in [6.07, 6.45) is 2.28. The molecule has 1 atom stereocenters. The SMILES string of the molecule is CCc1ccc2nc(N3C(=O)C(O)=C(C(=O)c4ccco4)[C@@H]3c3ccc(C(C)(C)C)cc3)sc2c1. The van der Waals surface area contributed by atoms with Crippen LogP contribution in [0.1, 0.15) is 61.0 Å². The van der Waals surface area contributed by atoms with Crippen LogP contribution in [0.25, 0.3) is 10.2 Å². The average molecular weight is 487 g/mol. The van der Waals surface area contributed by atoms with Crippen LogP contribution in [-0.4, -0.2) is 21.8 Å². The van der Waals surface area contributed by atoms with Gasteiger partial charge in [0.05, 0.1) is 28.1 Å². The largest absolute Gasteiger partial charge is 0.503 e. The molecule has 1 aliphatic heterocycles. The lowest BCUT2D eigenvalue weighted by molar-refractivity contribution is -0.117. The first kappa shape index (κ1) is 23.1. The first-order valence-corrected chi connectivity index (χ1v) is 12.4. The molecule has 1 N–H and O–H groups in total. The number of carbonyl (C=O) groups is 2. The number of fused-ring (bicyclic) bond motifs is 1. The van der Waals surface area contributed by atoms with Crippen molar-refractivity contribution in [2.75, 3.05) is 4.90 Å². The van der Waals surface area contributed by atoms with Crippen LogP contribution in [0.15, 0.2) is 76.6 Å². The van der Waals surface area contributed by atoms with E-state index in [1.165, 1.54) is 34.1 Å². The van der Waals surface area contributed by atoms with Crippen LogP contribution in [-0.2, 0) is 16.6 Å². The van der Waals surface area contributed by atoms with Gasteiger partial charge < -0.3 is 9.52 Å². The van der Waals surface area contributed by atoms with E-state index in [0.717, 1.165) is 22.2 Å². The highest BCUT2D eigenvalue weighted by atomic mass is 32.1. The molecule has 0 radical (unpaired) electrons. The number of aliphatic hydroxyl groups is 1. The monoisotopic (exact) mass is 486 g/mol. The third-order valence-electron chi connectivity index (χ3n) is 6.35. The number of thiazole rings is 1. The second-order valence-electron chi connectivity index (χ2n) is 9.67. The van der Waals surface area contributed by atoms with Gasteiger partial charge in [0.25, 0.3) is 5.91 Å². The van der Waals surface area contributed by atoms with Crippen molar-refractivity contribution in [1.82, 2.24) is 4.98 Å². The molecule has 3 heterocycles. The summed E-state index contributed by atoms with van der Waals surface area (Å²) in [7, 11) is 0. The van der Waals surface area contributed by atoms with Gasteiger partial charge in [-0.25, -0.2) is 4.98 Å². The Bertz CT molecular complexity index is 1460. The van der Waals surface area contributed by atoms with E-state index in [1.54, 1.807) is 6.07 Å². The lowest BCUT2D eigenvalue weighted by Crippen LogP contribution is -2.31. The fraction of sp³-hybridized carbons (Fsp3) is 0.250. The molecule has 0 bridgehead atoms. The van der Waals surface area contributed by atoms with Crippen molar-refractivity contribution >= 4 is 38.4 Å². The van der Waals surface area contributed by atoms with Crippen LogP contribution < -0.4 is 4.90 Å². The summed E-state index contributed by atoms with van der Waals surface area (Å²) in [4.78, 5) is 32.9. The normalized spacial score (nSPS) is 16.5. The number of Topliss-reactive ketones (excluding diaryl/α,β-unsaturated/α-hetero) is 1. The summed E-state index contributed by atoms with van der Waals surface area (Å²) in [5.41, 5.74) is 3.70. The minimum Gasteiger partial charge on any atom is -0.503 e. The van der Waals surface area contributed by atoms with Gasteiger partial charge in [0, 0.05) is 0 Å². The molecule has 6 nitrogen and oxygen atoms in total. The Morgan fingerprint density at radius 3 is 2.51 bits per heavy atom. The molecule has 5 rings (SSSR count). The number of aliphatic hydroxyl groups excluding tert-OH is 1. The molecule has 0 aliphatic carbocycles. The minimum atomic E-state index is -0.833. The summed E-state index contributed by atoms with van der Waals surface area (Å²) in [5.74, 6) is -1.69. The number of carbonyl (C=O) groups excluding carboxylic acids is 2. The Morgan fingerprint density at radius 2 is 1.89 bits per heavy atom. The number of anilines is 1. The van der Waals surface area contributed by atoms with Crippen LogP contribution >= 0.6 is 11.3 Å². The number of aryl methyl sites for hydroxylation is 1. The number of rotatable bonds is 5. The van der Waals surface area contributed by atoms with Crippen LogP contribution in [0, 0.1) is 0 Å². The maximum Gasteiger partial charge on any atom is 0.296 e. The second-order valence-corrected chi connectivity index (χ2v) is 10.7. The van der Waals surface area contributed by atoms with E-state index >= 15 is 0 Å². The number of benzene rings is 2. The zero-order valence-electron chi connectivity index (χ0n) is 20.0. The van der Waals surface area contributed by atoms with E-state index in [1.807, 2.05) is 36.4 Å². The maximum atomic E-state index is 13.4. The zero-order chi connectivity index (χ0) is 24.9. The van der Waals surface area contributed by atoms with Gasteiger partial charge in [-0.2, -0.15) is 0 Å². The smallest absolute Gasteiger partial charge is 0.296 e. The highest BCUT2D eigenvalue weighted by Crippen LogP contribution is 2.44. The third kappa shape index (κ3) is 3.96. The first-order chi connectivity index (χ1) is 16.7. The number of nitrogens with zero attached hydrogens (tertiary/aromatic N) is 2.